The minimum Gasteiger partial charge on any atom is -0.497 e. The Balaban J connectivity index is 1.66. The van der Waals surface area contributed by atoms with E-state index < -0.39 is 0 Å². The lowest BCUT2D eigenvalue weighted by molar-refractivity contribution is -0.116. The second-order valence-corrected chi connectivity index (χ2v) is 8.51. The van der Waals surface area contributed by atoms with Crippen LogP contribution in [0.1, 0.15) is 29.2 Å². The largest absolute Gasteiger partial charge is 0.497 e. The predicted molar refractivity (Wildman–Crippen MR) is 123 cm³/mol. The van der Waals surface area contributed by atoms with E-state index in [2.05, 4.69) is 5.32 Å². The van der Waals surface area contributed by atoms with E-state index in [0.717, 1.165) is 32.8 Å². The fourth-order valence-electron chi connectivity index (χ4n) is 4.17. The second kappa shape index (κ2) is 7.83. The minimum atomic E-state index is -0.216. The van der Waals surface area contributed by atoms with E-state index in [4.69, 9.17) is 24.3 Å². The van der Waals surface area contributed by atoms with E-state index in [1.165, 1.54) is 11.3 Å². The predicted octanol–water partition coefficient (Wildman–Crippen LogP) is 4.29. The van der Waals surface area contributed by atoms with Gasteiger partial charge in [0, 0.05) is 23.5 Å². The number of nitrogens with zero attached hydrogens (tertiary/aromatic N) is 3. The molecule has 0 fully saturated rings. The molecule has 1 atom stereocenters. The third-order valence-electron chi connectivity index (χ3n) is 5.68. The summed E-state index contributed by atoms with van der Waals surface area (Å²) in [5.41, 5.74) is 3.51. The van der Waals surface area contributed by atoms with Crippen LogP contribution in [0.25, 0.3) is 15.3 Å². The molecule has 0 radical (unpaired) electrons. The van der Waals surface area contributed by atoms with Crippen LogP contribution >= 0.6 is 11.3 Å². The van der Waals surface area contributed by atoms with Gasteiger partial charge in [-0.15, -0.1) is 0 Å². The number of aryl methyl sites for hydroxylation is 1. The summed E-state index contributed by atoms with van der Waals surface area (Å²) in [6, 6.07) is 11.4. The van der Waals surface area contributed by atoms with Crippen molar-refractivity contribution < 1.29 is 19.0 Å². The second-order valence-electron chi connectivity index (χ2n) is 7.50. The molecule has 0 saturated heterocycles. The highest BCUT2D eigenvalue weighted by atomic mass is 32.1. The molecule has 2 aromatic carbocycles. The molecular formula is C23H22N4O4S. The number of carbonyl (C=O) groups excluding carboxylic acids is 1. The molecule has 2 aromatic heterocycles. The summed E-state index contributed by atoms with van der Waals surface area (Å²) in [6.07, 6.45) is 0.292. The van der Waals surface area contributed by atoms with Crippen LogP contribution in [0, 0.1) is 6.92 Å². The first kappa shape index (κ1) is 20.3. The Kier molecular flexibility index (Phi) is 4.97. The van der Waals surface area contributed by atoms with Gasteiger partial charge in [0.25, 0.3) is 0 Å². The molecule has 0 bridgehead atoms. The fraction of sp³-hybridized carbons (Fsp3) is 0.261. The minimum absolute atomic E-state index is 0.0868. The van der Waals surface area contributed by atoms with Gasteiger partial charge >= 0.3 is 0 Å². The van der Waals surface area contributed by atoms with Gasteiger partial charge in [0.05, 0.1) is 37.2 Å². The fourth-order valence-corrected chi connectivity index (χ4v) is 5.13. The third kappa shape index (κ3) is 3.25. The van der Waals surface area contributed by atoms with Crippen molar-refractivity contribution in [3.05, 3.63) is 53.2 Å². The number of methoxy groups -OCH3 is 3. The number of hydrogen-bond donors (Lipinski definition) is 1. The Morgan fingerprint density at radius 2 is 1.81 bits per heavy atom. The summed E-state index contributed by atoms with van der Waals surface area (Å²) < 4.78 is 19.1. The number of ether oxygens (including phenoxy) is 3. The lowest BCUT2D eigenvalue weighted by Crippen LogP contribution is -2.25. The molecule has 164 valence electrons. The maximum absolute atomic E-state index is 12.8. The highest BCUT2D eigenvalue weighted by molar-refractivity contribution is 7.20. The smallest absolute Gasteiger partial charge is 0.226 e. The van der Waals surface area contributed by atoms with Gasteiger partial charge in [-0.1, -0.05) is 11.3 Å². The number of amides is 1. The molecule has 0 spiro atoms. The van der Waals surface area contributed by atoms with Crippen LogP contribution in [-0.4, -0.2) is 42.0 Å². The highest BCUT2D eigenvalue weighted by Crippen LogP contribution is 2.44. The molecule has 0 saturated carbocycles. The molecule has 4 aromatic rings. The number of nitrogens with one attached hydrogen (secondary N) is 1. The number of fused-ring (bicyclic) bond motifs is 2. The Bertz CT molecular complexity index is 1340. The Hall–Kier alpha value is -3.59. The molecule has 0 aliphatic carbocycles. The first-order valence-electron chi connectivity index (χ1n) is 10.1. The number of hydrogen-bond acceptors (Lipinski definition) is 7. The quantitative estimate of drug-likeness (QED) is 0.488. The van der Waals surface area contributed by atoms with Gasteiger partial charge in [0.1, 0.15) is 23.1 Å². The number of anilines is 1. The Labute approximate surface area is 188 Å². The van der Waals surface area contributed by atoms with Crippen molar-refractivity contribution in [2.75, 3.05) is 26.6 Å². The molecule has 3 heterocycles. The number of thiazole rings is 1. The van der Waals surface area contributed by atoms with E-state index in [9.17, 15) is 4.79 Å². The first-order valence-corrected chi connectivity index (χ1v) is 10.9. The summed E-state index contributed by atoms with van der Waals surface area (Å²) in [4.78, 5) is 17.5. The first-order chi connectivity index (χ1) is 15.5. The van der Waals surface area contributed by atoms with Gasteiger partial charge in [-0.2, -0.15) is 9.78 Å². The molecule has 1 N–H and O–H groups in total. The van der Waals surface area contributed by atoms with E-state index >= 15 is 0 Å². The van der Waals surface area contributed by atoms with Crippen LogP contribution in [0.15, 0.2) is 36.4 Å². The molecule has 1 unspecified atom stereocenters. The van der Waals surface area contributed by atoms with Gasteiger partial charge in [-0.25, -0.2) is 4.98 Å². The standard InChI is InChI=1S/C23H22N4O4S/c1-12-21-16(15-9-13(29-2)6-8-18(15)31-4)11-20(28)25-22(21)27(26-12)23-24-17-7-5-14(30-3)10-19(17)32-23/h5-10,16H,11H2,1-4H3,(H,25,28). The molecule has 8 nitrogen and oxygen atoms in total. The average Bonchev–Trinajstić information content (AvgIpc) is 3.38. The van der Waals surface area contributed by atoms with Gasteiger partial charge in [-0.3, -0.25) is 4.79 Å². The number of aromatic nitrogens is 3. The lowest BCUT2D eigenvalue weighted by atomic mass is 9.85. The number of benzene rings is 2. The molecule has 32 heavy (non-hydrogen) atoms. The van der Waals surface area contributed by atoms with Gasteiger partial charge in [-0.05, 0) is 43.3 Å². The van der Waals surface area contributed by atoms with Crippen LogP contribution < -0.4 is 19.5 Å². The van der Waals surface area contributed by atoms with Crippen molar-refractivity contribution in [2.45, 2.75) is 19.3 Å². The summed E-state index contributed by atoms with van der Waals surface area (Å²) in [5, 5.41) is 8.44. The SMILES string of the molecule is COc1ccc(OC)c(C2CC(=O)Nc3c2c(C)nn3-c2nc3ccc(OC)cc3s2)c1. The van der Waals surface area contributed by atoms with Gasteiger partial charge in [0.2, 0.25) is 11.0 Å². The number of rotatable bonds is 5. The monoisotopic (exact) mass is 450 g/mol. The topological polar surface area (TPSA) is 87.5 Å². The zero-order valence-electron chi connectivity index (χ0n) is 18.1. The van der Waals surface area contributed by atoms with Crippen LogP contribution in [-0.2, 0) is 4.79 Å². The van der Waals surface area contributed by atoms with Crippen molar-refractivity contribution in [2.24, 2.45) is 0 Å². The molecule has 1 aliphatic heterocycles. The van der Waals surface area contributed by atoms with Crippen LogP contribution in [0.4, 0.5) is 5.82 Å². The summed E-state index contributed by atoms with van der Waals surface area (Å²) in [6.45, 7) is 1.95. The Morgan fingerprint density at radius 1 is 1.06 bits per heavy atom. The molecule has 1 aliphatic rings. The van der Waals surface area contributed by atoms with E-state index in [-0.39, 0.29) is 11.8 Å². The van der Waals surface area contributed by atoms with Gasteiger partial charge in [0.15, 0.2) is 0 Å². The Morgan fingerprint density at radius 3 is 2.56 bits per heavy atom. The normalized spacial score (nSPS) is 15.4. The van der Waals surface area contributed by atoms with Crippen molar-refractivity contribution in [3.63, 3.8) is 0 Å². The molecule has 1 amide bonds. The van der Waals surface area contributed by atoms with Crippen LogP contribution in [0.3, 0.4) is 0 Å². The maximum atomic E-state index is 12.8. The summed E-state index contributed by atoms with van der Waals surface area (Å²) in [7, 11) is 4.88. The zero-order chi connectivity index (χ0) is 22.4. The van der Waals surface area contributed by atoms with Crippen LogP contribution in [0.2, 0.25) is 0 Å². The van der Waals surface area contributed by atoms with E-state index in [1.807, 2.05) is 43.3 Å². The molecule has 5 rings (SSSR count). The van der Waals surface area contributed by atoms with E-state index in [1.54, 1.807) is 26.0 Å². The summed E-state index contributed by atoms with van der Waals surface area (Å²) >= 11 is 1.49. The molecule has 9 heteroatoms. The van der Waals surface area contributed by atoms with Crippen molar-refractivity contribution in [1.82, 2.24) is 14.8 Å². The lowest BCUT2D eigenvalue weighted by Gasteiger charge is -2.25. The molecular weight excluding hydrogens is 428 g/mol. The van der Waals surface area contributed by atoms with Crippen molar-refractivity contribution in [3.8, 4) is 22.4 Å². The van der Waals surface area contributed by atoms with Gasteiger partial charge < -0.3 is 19.5 Å². The zero-order valence-corrected chi connectivity index (χ0v) is 18.9. The van der Waals surface area contributed by atoms with Crippen LogP contribution in [0.5, 0.6) is 17.2 Å². The average molecular weight is 451 g/mol. The highest BCUT2D eigenvalue weighted by Gasteiger charge is 2.35. The van der Waals surface area contributed by atoms with Crippen molar-refractivity contribution in [1.29, 1.82) is 0 Å². The van der Waals surface area contributed by atoms with E-state index in [0.29, 0.717) is 28.9 Å². The van der Waals surface area contributed by atoms with Crippen molar-refractivity contribution >= 4 is 33.3 Å². The third-order valence-corrected chi connectivity index (χ3v) is 6.67. The number of carbonyl (C=O) groups is 1. The maximum Gasteiger partial charge on any atom is 0.226 e. The summed E-state index contributed by atoms with van der Waals surface area (Å²) in [5.74, 6) is 2.52.